The van der Waals surface area contributed by atoms with Crippen molar-refractivity contribution in [3.63, 3.8) is 0 Å². The Balaban J connectivity index is 2.21. The summed E-state index contributed by atoms with van der Waals surface area (Å²) in [6.07, 6.45) is 6.51. The highest BCUT2D eigenvalue weighted by Crippen LogP contribution is 2.35. The van der Waals surface area contributed by atoms with Gasteiger partial charge < -0.3 is 5.11 Å². The van der Waals surface area contributed by atoms with Gasteiger partial charge in [-0.2, -0.15) is 0 Å². The lowest BCUT2D eigenvalue weighted by Crippen LogP contribution is -2.33. The van der Waals surface area contributed by atoms with Crippen LogP contribution in [-0.2, 0) is 9.84 Å². The van der Waals surface area contributed by atoms with Gasteiger partial charge >= 0.3 is 0 Å². The molecule has 3 nitrogen and oxygen atoms in total. The highest BCUT2D eigenvalue weighted by atomic mass is 32.2. The van der Waals surface area contributed by atoms with E-state index in [2.05, 4.69) is 0 Å². The van der Waals surface area contributed by atoms with Crippen LogP contribution in [0.5, 0.6) is 0 Å². The maximum Gasteiger partial charge on any atom is 0.153 e. The van der Waals surface area contributed by atoms with Gasteiger partial charge in [-0.05, 0) is 37.7 Å². The van der Waals surface area contributed by atoms with Crippen molar-refractivity contribution in [2.75, 3.05) is 11.5 Å². The zero-order valence-electron chi connectivity index (χ0n) is 8.20. The molecule has 1 N–H and O–H groups in total. The highest BCUT2D eigenvalue weighted by Gasteiger charge is 2.43. The molecule has 1 fully saturated rings. The normalized spacial score (nSPS) is 36.8. The van der Waals surface area contributed by atoms with Crippen LogP contribution in [0.15, 0.2) is 11.6 Å². The van der Waals surface area contributed by atoms with Crippen LogP contribution in [0.3, 0.4) is 0 Å². The first-order chi connectivity index (χ1) is 6.52. The molecule has 0 aromatic rings. The van der Waals surface area contributed by atoms with E-state index in [1.54, 1.807) is 0 Å². The Morgan fingerprint density at radius 2 is 2.14 bits per heavy atom. The summed E-state index contributed by atoms with van der Waals surface area (Å²) in [6, 6.07) is 0. The van der Waals surface area contributed by atoms with E-state index in [9.17, 15) is 13.5 Å². The van der Waals surface area contributed by atoms with E-state index in [0.717, 1.165) is 31.3 Å². The van der Waals surface area contributed by atoms with Gasteiger partial charge in [0.15, 0.2) is 9.84 Å². The summed E-state index contributed by atoms with van der Waals surface area (Å²) >= 11 is 0. The number of aliphatic hydroxyl groups is 1. The molecule has 14 heavy (non-hydrogen) atoms. The third kappa shape index (κ3) is 1.86. The minimum Gasteiger partial charge on any atom is -0.384 e. The van der Waals surface area contributed by atoms with Gasteiger partial charge in [0, 0.05) is 0 Å². The lowest BCUT2D eigenvalue weighted by Gasteiger charge is -2.27. The van der Waals surface area contributed by atoms with Crippen molar-refractivity contribution >= 4 is 9.84 Å². The van der Waals surface area contributed by atoms with Crippen molar-refractivity contribution < 1.29 is 13.5 Å². The first-order valence-corrected chi connectivity index (χ1v) is 6.96. The molecule has 0 aromatic heterocycles. The van der Waals surface area contributed by atoms with Crippen LogP contribution in [-0.4, -0.2) is 30.6 Å². The average Bonchev–Trinajstić information content (AvgIpc) is 2.44. The highest BCUT2D eigenvalue weighted by molar-refractivity contribution is 7.91. The smallest absolute Gasteiger partial charge is 0.153 e. The molecule has 0 amide bonds. The van der Waals surface area contributed by atoms with E-state index in [1.807, 2.05) is 6.08 Å². The van der Waals surface area contributed by atoms with Crippen LogP contribution in [0.2, 0.25) is 0 Å². The van der Waals surface area contributed by atoms with E-state index >= 15 is 0 Å². The molecule has 0 bridgehead atoms. The van der Waals surface area contributed by atoms with Gasteiger partial charge in [0.05, 0.1) is 11.5 Å². The molecule has 1 atom stereocenters. The Kier molecular flexibility index (Phi) is 2.43. The molecule has 0 saturated carbocycles. The van der Waals surface area contributed by atoms with E-state index in [-0.39, 0.29) is 11.5 Å². The zero-order chi connectivity index (χ0) is 10.2. The van der Waals surface area contributed by atoms with Crippen LogP contribution in [0, 0.1) is 0 Å². The summed E-state index contributed by atoms with van der Waals surface area (Å²) in [7, 11) is -2.99. The first kappa shape index (κ1) is 10.2. The largest absolute Gasteiger partial charge is 0.384 e. The first-order valence-electron chi connectivity index (χ1n) is 5.14. The fraction of sp³-hybridized carbons (Fsp3) is 0.800. The van der Waals surface area contributed by atoms with E-state index in [1.165, 1.54) is 0 Å². The van der Waals surface area contributed by atoms with Crippen LogP contribution in [0.25, 0.3) is 0 Å². The summed E-state index contributed by atoms with van der Waals surface area (Å²) in [5.74, 6) is 0.0761. The minimum absolute atomic E-state index is 0.0637. The molecule has 0 aromatic carbocycles. The van der Waals surface area contributed by atoms with Crippen molar-refractivity contribution in [1.82, 2.24) is 0 Å². The summed E-state index contributed by atoms with van der Waals surface area (Å²) < 4.78 is 22.6. The van der Waals surface area contributed by atoms with Crippen LogP contribution >= 0.6 is 0 Å². The molecule has 1 aliphatic heterocycles. The van der Waals surface area contributed by atoms with Crippen molar-refractivity contribution in [2.24, 2.45) is 0 Å². The maximum atomic E-state index is 11.3. The zero-order valence-corrected chi connectivity index (χ0v) is 9.02. The lowest BCUT2D eigenvalue weighted by molar-refractivity contribution is 0.101. The van der Waals surface area contributed by atoms with Crippen LogP contribution < -0.4 is 0 Å². The third-order valence-electron chi connectivity index (χ3n) is 3.17. The second-order valence-corrected chi connectivity index (χ2v) is 6.53. The Bertz CT molecular complexity index is 356. The van der Waals surface area contributed by atoms with Gasteiger partial charge in [0.1, 0.15) is 5.60 Å². The van der Waals surface area contributed by atoms with E-state index < -0.39 is 15.4 Å². The van der Waals surface area contributed by atoms with Crippen LogP contribution in [0.1, 0.15) is 32.1 Å². The molecular weight excluding hydrogens is 200 g/mol. The molecule has 1 saturated heterocycles. The number of allylic oxidation sites excluding steroid dienone is 1. The quantitative estimate of drug-likeness (QED) is 0.666. The molecule has 2 aliphatic rings. The number of hydrogen-bond acceptors (Lipinski definition) is 3. The van der Waals surface area contributed by atoms with E-state index in [4.69, 9.17) is 0 Å². The molecule has 4 heteroatoms. The van der Waals surface area contributed by atoms with Gasteiger partial charge in [-0.1, -0.05) is 6.08 Å². The van der Waals surface area contributed by atoms with Crippen molar-refractivity contribution in [3.05, 3.63) is 11.6 Å². The molecule has 1 heterocycles. The Labute approximate surface area is 84.7 Å². The fourth-order valence-corrected chi connectivity index (χ4v) is 4.20. The van der Waals surface area contributed by atoms with Gasteiger partial charge in [0.2, 0.25) is 0 Å². The lowest BCUT2D eigenvalue weighted by atomic mass is 9.85. The van der Waals surface area contributed by atoms with Gasteiger partial charge in [-0.15, -0.1) is 0 Å². The topological polar surface area (TPSA) is 54.4 Å². The number of rotatable bonds is 1. The minimum atomic E-state index is -2.99. The molecule has 0 radical (unpaired) electrons. The molecular formula is C10H16O3S. The second-order valence-electron chi connectivity index (χ2n) is 4.35. The molecule has 2 rings (SSSR count). The van der Waals surface area contributed by atoms with Crippen molar-refractivity contribution in [2.45, 2.75) is 37.7 Å². The molecule has 80 valence electrons. The summed E-state index contributed by atoms with van der Waals surface area (Å²) in [5.41, 5.74) is -0.0657. The second kappa shape index (κ2) is 3.35. The average molecular weight is 216 g/mol. The SMILES string of the molecule is O=S1(=O)CCC(O)(C2=CCCCC2)C1. The molecule has 1 aliphatic carbocycles. The summed E-state index contributed by atoms with van der Waals surface area (Å²) in [5, 5.41) is 10.2. The number of hydrogen-bond donors (Lipinski definition) is 1. The standard InChI is InChI=1S/C10H16O3S/c11-10(6-7-14(12,13)8-10)9-4-2-1-3-5-9/h4,11H,1-3,5-8H2. The maximum absolute atomic E-state index is 11.3. The summed E-state index contributed by atoms with van der Waals surface area (Å²) in [4.78, 5) is 0. The Hall–Kier alpha value is -0.350. The van der Waals surface area contributed by atoms with Gasteiger partial charge in [-0.25, -0.2) is 8.42 Å². The van der Waals surface area contributed by atoms with Crippen LogP contribution in [0.4, 0.5) is 0 Å². The Morgan fingerprint density at radius 1 is 1.36 bits per heavy atom. The van der Waals surface area contributed by atoms with E-state index in [0.29, 0.717) is 6.42 Å². The number of sulfone groups is 1. The summed E-state index contributed by atoms with van der Waals surface area (Å²) in [6.45, 7) is 0. The Morgan fingerprint density at radius 3 is 2.64 bits per heavy atom. The predicted molar refractivity (Wildman–Crippen MR) is 54.8 cm³/mol. The third-order valence-corrected chi connectivity index (χ3v) is 4.92. The van der Waals surface area contributed by atoms with Gasteiger partial charge in [-0.3, -0.25) is 0 Å². The monoisotopic (exact) mass is 216 g/mol. The van der Waals surface area contributed by atoms with Gasteiger partial charge in [0.25, 0.3) is 0 Å². The van der Waals surface area contributed by atoms with Crippen molar-refractivity contribution in [3.8, 4) is 0 Å². The van der Waals surface area contributed by atoms with Crippen molar-refractivity contribution in [1.29, 1.82) is 0 Å². The molecule has 1 unspecified atom stereocenters. The molecule has 0 spiro atoms. The fourth-order valence-electron chi connectivity index (χ4n) is 2.35. The predicted octanol–water partition coefficient (Wildman–Crippen LogP) is 1.04.